The third-order valence-electron chi connectivity index (χ3n) is 8.12. The first-order valence-corrected chi connectivity index (χ1v) is 14.2. The number of carbonyl (C=O) groups excluding carboxylic acids is 3. The summed E-state index contributed by atoms with van der Waals surface area (Å²) in [7, 11) is 1.35. The Morgan fingerprint density at radius 1 is 0.902 bits per heavy atom. The van der Waals surface area contributed by atoms with Crippen LogP contribution in [0.5, 0.6) is 5.75 Å². The van der Waals surface area contributed by atoms with Gasteiger partial charge in [0.05, 0.1) is 19.1 Å². The van der Waals surface area contributed by atoms with Gasteiger partial charge in [-0.05, 0) is 48.1 Å². The number of carbonyl (C=O) groups is 3. The molecule has 2 N–H and O–H groups in total. The second kappa shape index (κ2) is 13.0. The van der Waals surface area contributed by atoms with Crippen LogP contribution in [0, 0.1) is 10.8 Å². The fourth-order valence-electron chi connectivity index (χ4n) is 5.38. The molecule has 0 heterocycles. The number of ketones is 1. The molecular weight excluding hydrogens is 516 g/mol. The molecule has 0 spiro atoms. The number of amides is 1. The molecule has 1 fully saturated rings. The molecule has 3 aromatic carbocycles. The Hall–Kier alpha value is -4.13. The van der Waals surface area contributed by atoms with Crippen molar-refractivity contribution in [2.45, 2.75) is 52.5 Å². The van der Waals surface area contributed by atoms with Gasteiger partial charge in [0, 0.05) is 23.2 Å². The second-order valence-corrected chi connectivity index (χ2v) is 11.6. The van der Waals surface area contributed by atoms with Crippen LogP contribution in [0.2, 0.25) is 0 Å². The highest BCUT2D eigenvalue weighted by Crippen LogP contribution is 2.53. The molecule has 1 amide bonds. The van der Waals surface area contributed by atoms with Crippen LogP contribution in [0.15, 0.2) is 78.9 Å². The number of rotatable bonds is 12. The standard InChI is InChI=1S/C34H40N2O5/c1-33(2,3)34(19-10-20-34)32(39)35-21-22-41-26-17-15-24(16-18-26)23-29(31(38)40-4)36-28-14-9-8-13-27(28)30(37)25-11-6-5-7-12-25/h5-9,11-18,29,36H,10,19-23H2,1-4H3,(H,35,39). The first kappa shape index (κ1) is 29.8. The lowest BCUT2D eigenvalue weighted by atomic mass is 9.54. The highest BCUT2D eigenvalue weighted by atomic mass is 16.5. The van der Waals surface area contributed by atoms with Crippen LogP contribution in [0.1, 0.15) is 61.5 Å². The van der Waals surface area contributed by atoms with E-state index in [2.05, 4.69) is 31.4 Å². The number of hydrogen-bond donors (Lipinski definition) is 2. The third-order valence-corrected chi connectivity index (χ3v) is 8.12. The fraction of sp³-hybridized carbons (Fsp3) is 0.382. The highest BCUT2D eigenvalue weighted by Gasteiger charge is 2.52. The number of nitrogens with one attached hydrogen (secondary N) is 2. The summed E-state index contributed by atoms with van der Waals surface area (Å²) in [5.74, 6) is 0.237. The van der Waals surface area contributed by atoms with E-state index in [1.807, 2.05) is 48.5 Å². The van der Waals surface area contributed by atoms with Crippen LogP contribution in [-0.2, 0) is 20.7 Å². The maximum Gasteiger partial charge on any atom is 0.328 e. The van der Waals surface area contributed by atoms with Gasteiger partial charge in [0.15, 0.2) is 5.78 Å². The molecule has 216 valence electrons. The van der Waals surface area contributed by atoms with E-state index in [9.17, 15) is 14.4 Å². The molecule has 3 aromatic rings. The number of benzene rings is 3. The summed E-state index contributed by atoms with van der Waals surface area (Å²) >= 11 is 0. The maximum absolute atomic E-state index is 13.1. The van der Waals surface area contributed by atoms with Crippen LogP contribution in [0.25, 0.3) is 0 Å². The summed E-state index contributed by atoms with van der Waals surface area (Å²) in [6, 6.07) is 23.0. The zero-order valence-electron chi connectivity index (χ0n) is 24.4. The van der Waals surface area contributed by atoms with Gasteiger partial charge in [0.25, 0.3) is 0 Å². The molecule has 7 nitrogen and oxygen atoms in total. The molecule has 4 rings (SSSR count). The van der Waals surface area contributed by atoms with E-state index in [0.29, 0.717) is 42.1 Å². The minimum atomic E-state index is -0.701. The molecule has 0 saturated heterocycles. The van der Waals surface area contributed by atoms with Gasteiger partial charge >= 0.3 is 5.97 Å². The van der Waals surface area contributed by atoms with E-state index < -0.39 is 12.0 Å². The molecule has 0 aliphatic heterocycles. The van der Waals surface area contributed by atoms with Gasteiger partial charge in [-0.2, -0.15) is 0 Å². The SMILES string of the molecule is COC(=O)C(Cc1ccc(OCCNC(=O)C2(C(C)(C)C)CCC2)cc1)Nc1ccccc1C(=O)c1ccccc1. The average molecular weight is 557 g/mol. The van der Waals surface area contributed by atoms with Gasteiger partial charge in [-0.25, -0.2) is 4.79 Å². The topological polar surface area (TPSA) is 93.7 Å². The lowest BCUT2D eigenvalue weighted by Gasteiger charge is -2.50. The number of hydrogen-bond acceptors (Lipinski definition) is 6. The monoisotopic (exact) mass is 556 g/mol. The van der Waals surface area contributed by atoms with E-state index in [4.69, 9.17) is 9.47 Å². The predicted molar refractivity (Wildman–Crippen MR) is 160 cm³/mol. The molecule has 0 radical (unpaired) electrons. The maximum atomic E-state index is 13.1. The minimum absolute atomic E-state index is 0.0670. The number of ether oxygens (including phenoxy) is 2. The van der Waals surface area contributed by atoms with Gasteiger partial charge in [0.1, 0.15) is 18.4 Å². The van der Waals surface area contributed by atoms with Crippen molar-refractivity contribution in [2.75, 3.05) is 25.6 Å². The zero-order chi connectivity index (χ0) is 29.5. The van der Waals surface area contributed by atoms with Crippen molar-refractivity contribution in [3.05, 3.63) is 95.6 Å². The smallest absolute Gasteiger partial charge is 0.328 e. The molecule has 7 heteroatoms. The van der Waals surface area contributed by atoms with Crippen molar-refractivity contribution in [3.63, 3.8) is 0 Å². The Labute approximate surface area is 242 Å². The summed E-state index contributed by atoms with van der Waals surface area (Å²) in [5.41, 5.74) is 2.17. The minimum Gasteiger partial charge on any atom is -0.492 e. The lowest BCUT2D eigenvalue weighted by molar-refractivity contribution is -0.146. The average Bonchev–Trinajstić information content (AvgIpc) is 2.94. The highest BCUT2D eigenvalue weighted by molar-refractivity contribution is 6.12. The molecule has 0 aromatic heterocycles. The molecule has 1 aliphatic rings. The Kier molecular flexibility index (Phi) is 9.48. The normalized spacial score (nSPS) is 14.7. The van der Waals surface area contributed by atoms with Crippen LogP contribution >= 0.6 is 0 Å². The lowest BCUT2D eigenvalue weighted by Crippen LogP contribution is -2.54. The number of esters is 1. The number of anilines is 1. The van der Waals surface area contributed by atoms with E-state index in [1.54, 1.807) is 30.3 Å². The zero-order valence-corrected chi connectivity index (χ0v) is 24.4. The Morgan fingerprint density at radius 2 is 1.56 bits per heavy atom. The summed E-state index contributed by atoms with van der Waals surface area (Å²) in [6.07, 6.45) is 3.31. The van der Waals surface area contributed by atoms with Crippen molar-refractivity contribution >= 4 is 23.3 Å². The van der Waals surface area contributed by atoms with E-state index in [1.165, 1.54) is 7.11 Å². The van der Waals surface area contributed by atoms with Gasteiger partial charge < -0.3 is 20.1 Å². The molecular formula is C34H40N2O5. The molecule has 0 bridgehead atoms. The van der Waals surface area contributed by atoms with E-state index in [-0.39, 0.29) is 22.5 Å². The van der Waals surface area contributed by atoms with Crippen molar-refractivity contribution in [3.8, 4) is 5.75 Å². The Morgan fingerprint density at radius 3 is 2.17 bits per heavy atom. The van der Waals surface area contributed by atoms with Crippen molar-refractivity contribution in [1.29, 1.82) is 0 Å². The van der Waals surface area contributed by atoms with Crippen molar-refractivity contribution in [1.82, 2.24) is 5.32 Å². The molecule has 1 aliphatic carbocycles. The second-order valence-electron chi connectivity index (χ2n) is 11.6. The first-order valence-electron chi connectivity index (χ1n) is 14.2. The summed E-state index contributed by atoms with van der Waals surface area (Å²) in [6.45, 7) is 7.20. The molecule has 1 unspecified atom stereocenters. The summed E-state index contributed by atoms with van der Waals surface area (Å²) in [4.78, 5) is 38.7. The van der Waals surface area contributed by atoms with Crippen LogP contribution in [0.3, 0.4) is 0 Å². The summed E-state index contributed by atoms with van der Waals surface area (Å²) < 4.78 is 10.9. The summed E-state index contributed by atoms with van der Waals surface area (Å²) in [5, 5.41) is 6.29. The van der Waals surface area contributed by atoms with E-state index >= 15 is 0 Å². The van der Waals surface area contributed by atoms with Crippen LogP contribution < -0.4 is 15.4 Å². The Balaban J connectivity index is 1.35. The Bertz CT molecular complexity index is 1340. The largest absolute Gasteiger partial charge is 0.492 e. The quantitative estimate of drug-likeness (QED) is 0.166. The van der Waals surface area contributed by atoms with E-state index in [0.717, 1.165) is 24.8 Å². The molecule has 41 heavy (non-hydrogen) atoms. The van der Waals surface area contributed by atoms with Gasteiger partial charge in [0.2, 0.25) is 5.91 Å². The van der Waals surface area contributed by atoms with Crippen LogP contribution in [-0.4, -0.2) is 44.0 Å². The number of methoxy groups -OCH3 is 1. The third kappa shape index (κ3) is 6.96. The first-order chi connectivity index (χ1) is 19.6. The van der Waals surface area contributed by atoms with Gasteiger partial charge in [-0.15, -0.1) is 0 Å². The number of para-hydroxylation sites is 1. The predicted octanol–water partition coefficient (Wildman–Crippen LogP) is 5.83. The van der Waals surface area contributed by atoms with Gasteiger partial charge in [-0.1, -0.05) is 81.8 Å². The fourth-order valence-corrected chi connectivity index (χ4v) is 5.38. The van der Waals surface area contributed by atoms with Gasteiger partial charge in [-0.3, -0.25) is 9.59 Å². The van der Waals surface area contributed by atoms with Crippen molar-refractivity contribution < 1.29 is 23.9 Å². The van der Waals surface area contributed by atoms with Crippen molar-refractivity contribution in [2.24, 2.45) is 10.8 Å². The molecule has 1 saturated carbocycles. The van der Waals surface area contributed by atoms with Crippen LogP contribution in [0.4, 0.5) is 5.69 Å². The molecule has 1 atom stereocenters.